The molecule has 0 aromatic carbocycles. The Morgan fingerprint density at radius 2 is 1.81 bits per heavy atom. The van der Waals surface area contributed by atoms with Crippen LogP contribution >= 0.6 is 0 Å². The molecular formula is C30H50O2. The Hall–Kier alpha value is -0.600. The SMILES string of the molecule is C=CCC1(O)C=C2C[C@@H](O)CC[C@]2(C)[C@H]2CC[C@]3(C)[C@@H]([C@H](C)CCCC(C)C)CC[C@H]3[C@@H]21. The molecule has 0 heterocycles. The molecule has 0 bridgehead atoms. The first-order valence-electron chi connectivity index (χ1n) is 13.8. The second-order valence-electron chi connectivity index (χ2n) is 13.2. The zero-order valence-electron chi connectivity index (χ0n) is 21.6. The van der Waals surface area contributed by atoms with Crippen molar-refractivity contribution < 1.29 is 10.2 Å². The first kappa shape index (κ1) is 24.5. The lowest BCUT2D eigenvalue weighted by molar-refractivity contribution is -0.139. The average molecular weight is 443 g/mol. The minimum atomic E-state index is -0.791. The zero-order chi connectivity index (χ0) is 23.3. The van der Waals surface area contributed by atoms with Gasteiger partial charge < -0.3 is 10.2 Å². The zero-order valence-corrected chi connectivity index (χ0v) is 21.6. The molecule has 4 rings (SSSR count). The van der Waals surface area contributed by atoms with Gasteiger partial charge in [-0.1, -0.05) is 71.6 Å². The third-order valence-corrected chi connectivity index (χ3v) is 10.9. The van der Waals surface area contributed by atoms with Crippen molar-refractivity contribution in [1.29, 1.82) is 0 Å². The summed E-state index contributed by atoms with van der Waals surface area (Å²) in [5.74, 6) is 3.84. The van der Waals surface area contributed by atoms with E-state index in [2.05, 4.69) is 47.3 Å². The van der Waals surface area contributed by atoms with Crippen molar-refractivity contribution in [3.63, 3.8) is 0 Å². The number of hydrogen-bond acceptors (Lipinski definition) is 2. The van der Waals surface area contributed by atoms with Crippen LogP contribution < -0.4 is 0 Å². The lowest BCUT2D eigenvalue weighted by Gasteiger charge is -2.62. The molecule has 3 saturated carbocycles. The summed E-state index contributed by atoms with van der Waals surface area (Å²) >= 11 is 0. The van der Waals surface area contributed by atoms with Gasteiger partial charge in [-0.25, -0.2) is 0 Å². The van der Waals surface area contributed by atoms with Gasteiger partial charge in [-0.3, -0.25) is 0 Å². The van der Waals surface area contributed by atoms with E-state index in [9.17, 15) is 10.2 Å². The van der Waals surface area contributed by atoms with E-state index in [1.807, 2.05) is 6.08 Å². The predicted octanol–water partition coefficient (Wildman–Crippen LogP) is 7.31. The molecule has 0 aromatic heterocycles. The molecule has 4 aliphatic rings. The topological polar surface area (TPSA) is 40.5 Å². The van der Waals surface area contributed by atoms with Gasteiger partial charge in [0.05, 0.1) is 11.7 Å². The number of rotatable bonds is 7. The summed E-state index contributed by atoms with van der Waals surface area (Å²) in [6, 6.07) is 0. The van der Waals surface area contributed by atoms with Crippen LogP contribution in [0, 0.1) is 46.3 Å². The molecule has 4 aliphatic carbocycles. The minimum absolute atomic E-state index is 0.152. The molecule has 0 saturated heterocycles. The second kappa shape index (κ2) is 8.88. The summed E-state index contributed by atoms with van der Waals surface area (Å²) in [5.41, 5.74) is 1.05. The Morgan fingerprint density at radius 1 is 1.06 bits per heavy atom. The van der Waals surface area contributed by atoms with Crippen LogP contribution in [-0.2, 0) is 0 Å². The molecule has 0 aromatic rings. The van der Waals surface area contributed by atoms with Crippen molar-refractivity contribution in [2.24, 2.45) is 46.3 Å². The van der Waals surface area contributed by atoms with Crippen LogP contribution in [0.4, 0.5) is 0 Å². The minimum Gasteiger partial charge on any atom is -0.393 e. The fraction of sp³-hybridized carbons (Fsp3) is 0.867. The molecule has 32 heavy (non-hydrogen) atoms. The smallest absolute Gasteiger partial charge is 0.0898 e. The van der Waals surface area contributed by atoms with Gasteiger partial charge in [-0.2, -0.15) is 0 Å². The molecule has 0 radical (unpaired) electrons. The molecule has 2 heteroatoms. The Balaban J connectivity index is 1.64. The van der Waals surface area contributed by atoms with Crippen molar-refractivity contribution >= 4 is 0 Å². The largest absolute Gasteiger partial charge is 0.393 e. The molecule has 0 aliphatic heterocycles. The highest BCUT2D eigenvalue weighted by molar-refractivity contribution is 5.32. The number of fused-ring (bicyclic) bond motifs is 5. The van der Waals surface area contributed by atoms with Crippen LogP contribution in [0.25, 0.3) is 0 Å². The van der Waals surface area contributed by atoms with E-state index in [1.165, 1.54) is 50.5 Å². The first-order valence-corrected chi connectivity index (χ1v) is 13.8. The van der Waals surface area contributed by atoms with Gasteiger partial charge in [-0.15, -0.1) is 6.58 Å². The maximum Gasteiger partial charge on any atom is 0.0898 e. The molecule has 0 spiro atoms. The third-order valence-electron chi connectivity index (χ3n) is 10.9. The lowest BCUT2D eigenvalue weighted by atomic mass is 9.43. The van der Waals surface area contributed by atoms with Crippen LogP contribution in [0.5, 0.6) is 0 Å². The first-order chi connectivity index (χ1) is 15.0. The van der Waals surface area contributed by atoms with Gasteiger partial charge in [-0.05, 0) is 97.7 Å². The van der Waals surface area contributed by atoms with E-state index in [1.54, 1.807) is 0 Å². The Bertz CT molecular complexity index is 724. The fourth-order valence-electron chi connectivity index (χ4n) is 9.26. The summed E-state index contributed by atoms with van der Waals surface area (Å²) in [6.07, 6.45) is 16.5. The number of hydrogen-bond donors (Lipinski definition) is 2. The summed E-state index contributed by atoms with van der Waals surface area (Å²) < 4.78 is 0. The van der Waals surface area contributed by atoms with E-state index >= 15 is 0 Å². The van der Waals surface area contributed by atoms with Crippen LogP contribution in [0.1, 0.15) is 105 Å². The molecular weight excluding hydrogens is 392 g/mol. The fourth-order valence-corrected chi connectivity index (χ4v) is 9.26. The van der Waals surface area contributed by atoms with Gasteiger partial charge in [0.2, 0.25) is 0 Å². The van der Waals surface area contributed by atoms with Crippen LogP contribution in [0.2, 0.25) is 0 Å². The molecule has 182 valence electrons. The standard InChI is InChI=1S/C30H50O2/c1-7-15-30(32)19-22-18-23(31)13-16-28(22,5)26-14-17-29(6)24(11-12-25(29)27(26)30)21(4)10-8-9-20(2)3/h7,19-21,23-27,31-32H,1,8-18H2,2-6H3/t21-,23+,24-,25+,26+,27+,28+,29-,30?/m1/s1. The highest BCUT2D eigenvalue weighted by atomic mass is 16.3. The molecule has 2 nitrogen and oxygen atoms in total. The molecule has 1 unspecified atom stereocenters. The molecule has 0 amide bonds. The van der Waals surface area contributed by atoms with Gasteiger partial charge in [0.1, 0.15) is 0 Å². The maximum atomic E-state index is 12.2. The monoisotopic (exact) mass is 442 g/mol. The molecule has 3 fully saturated rings. The van der Waals surface area contributed by atoms with Crippen LogP contribution in [0.3, 0.4) is 0 Å². The number of aliphatic hydroxyl groups is 2. The van der Waals surface area contributed by atoms with Crippen LogP contribution in [-0.4, -0.2) is 21.9 Å². The van der Waals surface area contributed by atoms with Crippen molar-refractivity contribution in [3.05, 3.63) is 24.3 Å². The maximum absolute atomic E-state index is 12.2. The highest BCUT2D eigenvalue weighted by Crippen LogP contribution is 2.69. The van der Waals surface area contributed by atoms with Crippen molar-refractivity contribution in [3.8, 4) is 0 Å². The summed E-state index contributed by atoms with van der Waals surface area (Å²) in [5, 5.41) is 22.6. The van der Waals surface area contributed by atoms with Gasteiger partial charge in [0.25, 0.3) is 0 Å². The van der Waals surface area contributed by atoms with Gasteiger partial charge in [0, 0.05) is 0 Å². The lowest BCUT2D eigenvalue weighted by Crippen LogP contribution is -2.59. The third kappa shape index (κ3) is 3.96. The highest BCUT2D eigenvalue weighted by Gasteiger charge is 2.64. The Kier molecular flexibility index (Phi) is 6.80. The van der Waals surface area contributed by atoms with E-state index in [0.717, 1.165) is 37.0 Å². The Morgan fingerprint density at radius 3 is 2.50 bits per heavy atom. The average Bonchev–Trinajstić information content (AvgIpc) is 3.06. The van der Waals surface area contributed by atoms with Gasteiger partial charge >= 0.3 is 0 Å². The van der Waals surface area contributed by atoms with Crippen molar-refractivity contribution in [2.45, 2.75) is 117 Å². The van der Waals surface area contributed by atoms with Crippen molar-refractivity contribution in [1.82, 2.24) is 0 Å². The van der Waals surface area contributed by atoms with E-state index in [-0.39, 0.29) is 11.5 Å². The molecule has 2 N–H and O–H groups in total. The summed E-state index contributed by atoms with van der Waals surface area (Å²) in [7, 11) is 0. The second-order valence-corrected chi connectivity index (χ2v) is 13.2. The van der Waals surface area contributed by atoms with E-state index in [0.29, 0.717) is 29.6 Å². The van der Waals surface area contributed by atoms with Gasteiger partial charge in [0.15, 0.2) is 0 Å². The van der Waals surface area contributed by atoms with E-state index in [4.69, 9.17) is 0 Å². The summed E-state index contributed by atoms with van der Waals surface area (Å²) in [4.78, 5) is 0. The predicted molar refractivity (Wildman–Crippen MR) is 134 cm³/mol. The summed E-state index contributed by atoms with van der Waals surface area (Å²) in [6.45, 7) is 16.3. The Labute approximate surface area is 198 Å². The quantitative estimate of drug-likeness (QED) is 0.406. The van der Waals surface area contributed by atoms with Crippen LogP contribution in [0.15, 0.2) is 24.3 Å². The van der Waals surface area contributed by atoms with Crippen molar-refractivity contribution in [2.75, 3.05) is 0 Å². The van der Waals surface area contributed by atoms with E-state index < -0.39 is 5.60 Å². The molecule has 9 atom stereocenters. The number of aliphatic hydroxyl groups excluding tert-OH is 1. The normalized spacial score (nSPS) is 46.8.